The van der Waals surface area contributed by atoms with Crippen molar-refractivity contribution in [2.75, 3.05) is 42.9 Å². The fourth-order valence-corrected chi connectivity index (χ4v) is 3.21. The number of aromatic nitrogens is 2. The van der Waals surface area contributed by atoms with Gasteiger partial charge in [0.1, 0.15) is 0 Å². The second-order valence-electron chi connectivity index (χ2n) is 6.76. The lowest BCUT2D eigenvalue weighted by Gasteiger charge is -2.34. The van der Waals surface area contributed by atoms with Crippen molar-refractivity contribution in [3.63, 3.8) is 0 Å². The molecule has 2 aromatic rings. The van der Waals surface area contributed by atoms with Crippen molar-refractivity contribution in [3.05, 3.63) is 48.3 Å². The fourth-order valence-electron chi connectivity index (χ4n) is 3.21. The predicted octanol–water partition coefficient (Wildman–Crippen LogP) is 2.75. The number of piperazine rings is 1. The van der Waals surface area contributed by atoms with Crippen LogP contribution in [-0.2, 0) is 4.79 Å². The van der Waals surface area contributed by atoms with E-state index in [9.17, 15) is 4.79 Å². The number of nitrogens with zero attached hydrogens (tertiary/aromatic N) is 4. The van der Waals surface area contributed by atoms with Gasteiger partial charge < -0.3 is 10.2 Å². The quantitative estimate of drug-likeness (QED) is 0.865. The average Bonchev–Trinajstić information content (AvgIpc) is 2.69. The number of anilines is 2. The minimum atomic E-state index is 0.0464. The van der Waals surface area contributed by atoms with Gasteiger partial charge in [-0.15, -0.1) is 0 Å². The molecule has 1 aromatic carbocycles. The van der Waals surface area contributed by atoms with E-state index in [-0.39, 0.29) is 5.91 Å². The van der Waals surface area contributed by atoms with Crippen molar-refractivity contribution < 1.29 is 4.79 Å². The summed E-state index contributed by atoms with van der Waals surface area (Å²) in [5.74, 6) is 1.24. The lowest BCUT2D eigenvalue weighted by atomic mass is 9.97. The molecule has 1 fully saturated rings. The molecule has 1 aromatic heterocycles. The van der Waals surface area contributed by atoms with E-state index in [0.717, 1.165) is 44.2 Å². The molecule has 1 N–H and O–H groups in total. The van der Waals surface area contributed by atoms with Gasteiger partial charge in [0, 0.05) is 44.3 Å². The maximum absolute atomic E-state index is 12.5. The zero-order valence-electron chi connectivity index (χ0n) is 15.6. The number of rotatable bonds is 6. The van der Waals surface area contributed by atoms with Crippen molar-refractivity contribution in [3.8, 4) is 0 Å². The van der Waals surface area contributed by atoms with Gasteiger partial charge in [-0.2, -0.15) is 0 Å². The first kappa shape index (κ1) is 18.3. The molecule has 1 amide bonds. The maximum Gasteiger partial charge on any atom is 0.238 e. The van der Waals surface area contributed by atoms with Crippen LogP contribution in [0.2, 0.25) is 0 Å². The molecule has 2 heterocycles. The Labute approximate surface area is 155 Å². The van der Waals surface area contributed by atoms with E-state index >= 15 is 0 Å². The van der Waals surface area contributed by atoms with Crippen LogP contribution < -0.4 is 10.2 Å². The second-order valence-corrected chi connectivity index (χ2v) is 6.76. The Bertz CT molecular complexity index is 713. The van der Waals surface area contributed by atoms with Crippen LogP contribution in [0.15, 0.2) is 42.7 Å². The minimum Gasteiger partial charge on any atom is -0.338 e. The van der Waals surface area contributed by atoms with Gasteiger partial charge in [0.25, 0.3) is 0 Å². The Kier molecular flexibility index (Phi) is 6.17. The van der Waals surface area contributed by atoms with Gasteiger partial charge in [-0.05, 0) is 30.0 Å². The number of carbonyl (C=O) groups is 1. The number of para-hydroxylation sites is 1. The molecule has 1 aliphatic rings. The molecular weight excluding hydrogens is 326 g/mol. The highest BCUT2D eigenvalue weighted by molar-refractivity contribution is 5.93. The van der Waals surface area contributed by atoms with E-state index < -0.39 is 0 Å². The smallest absolute Gasteiger partial charge is 0.238 e. The second kappa shape index (κ2) is 8.76. The van der Waals surface area contributed by atoms with Crippen molar-refractivity contribution >= 4 is 17.5 Å². The number of nitrogens with one attached hydrogen (secondary N) is 1. The highest BCUT2D eigenvalue weighted by Crippen LogP contribution is 2.26. The Morgan fingerprint density at radius 1 is 1.12 bits per heavy atom. The molecule has 0 saturated carbocycles. The summed E-state index contributed by atoms with van der Waals surface area (Å²) in [5.41, 5.74) is 2.14. The molecule has 0 spiro atoms. The first-order valence-electron chi connectivity index (χ1n) is 9.30. The normalized spacial score (nSPS) is 16.3. The summed E-state index contributed by atoms with van der Waals surface area (Å²) in [5, 5.41) is 3.10. The van der Waals surface area contributed by atoms with Gasteiger partial charge >= 0.3 is 0 Å². The van der Waals surface area contributed by atoms with Crippen LogP contribution in [0.3, 0.4) is 0 Å². The largest absolute Gasteiger partial charge is 0.338 e. The number of hydrogen-bond acceptors (Lipinski definition) is 5. The molecule has 138 valence electrons. The number of benzene rings is 1. The van der Waals surface area contributed by atoms with E-state index in [4.69, 9.17) is 0 Å². The molecule has 3 rings (SSSR count). The fraction of sp³-hybridized carbons (Fsp3) is 0.450. The van der Waals surface area contributed by atoms with Crippen LogP contribution in [0.5, 0.6) is 0 Å². The average molecular weight is 353 g/mol. The Hall–Kier alpha value is -2.47. The zero-order valence-corrected chi connectivity index (χ0v) is 15.6. The van der Waals surface area contributed by atoms with E-state index in [1.54, 1.807) is 12.4 Å². The number of hydrogen-bond donors (Lipinski definition) is 1. The third kappa shape index (κ3) is 4.58. The summed E-state index contributed by atoms with van der Waals surface area (Å²) in [7, 11) is 0. The van der Waals surface area contributed by atoms with Crippen LogP contribution >= 0.6 is 0 Å². The van der Waals surface area contributed by atoms with Gasteiger partial charge in [-0.3, -0.25) is 9.69 Å². The first-order chi connectivity index (χ1) is 12.7. The molecule has 6 nitrogen and oxygen atoms in total. The van der Waals surface area contributed by atoms with Crippen molar-refractivity contribution in [2.45, 2.75) is 26.2 Å². The van der Waals surface area contributed by atoms with Gasteiger partial charge in [0.2, 0.25) is 11.9 Å². The molecule has 6 heteroatoms. The third-order valence-corrected chi connectivity index (χ3v) is 4.95. The third-order valence-electron chi connectivity index (χ3n) is 4.95. The minimum absolute atomic E-state index is 0.0464. The first-order valence-corrected chi connectivity index (χ1v) is 9.30. The standard InChI is InChI=1S/C20H27N5O/c1-3-16(2)17-7-4-5-8-18(17)23-19(26)15-24-11-13-25(14-12-24)20-21-9-6-10-22-20/h4-10,16H,3,11-15H2,1-2H3,(H,23,26)/t16-/m0/s1. The zero-order chi connectivity index (χ0) is 18.4. The molecule has 1 atom stereocenters. The summed E-state index contributed by atoms with van der Waals surface area (Å²) in [6, 6.07) is 9.91. The highest BCUT2D eigenvalue weighted by Gasteiger charge is 2.21. The van der Waals surface area contributed by atoms with E-state index in [1.165, 1.54) is 5.56 Å². The Balaban J connectivity index is 1.52. The van der Waals surface area contributed by atoms with Crippen molar-refractivity contribution in [1.82, 2.24) is 14.9 Å². The summed E-state index contributed by atoms with van der Waals surface area (Å²) >= 11 is 0. The van der Waals surface area contributed by atoms with Crippen LogP contribution in [-0.4, -0.2) is 53.5 Å². The van der Waals surface area contributed by atoms with Gasteiger partial charge in [0.15, 0.2) is 0 Å². The van der Waals surface area contributed by atoms with E-state index in [0.29, 0.717) is 12.5 Å². The monoisotopic (exact) mass is 353 g/mol. The van der Waals surface area contributed by atoms with E-state index in [2.05, 4.69) is 45.0 Å². The number of amides is 1. The SMILES string of the molecule is CC[C@H](C)c1ccccc1NC(=O)CN1CCN(c2ncccn2)CC1. The van der Waals surface area contributed by atoms with Crippen molar-refractivity contribution in [2.24, 2.45) is 0 Å². The lowest BCUT2D eigenvalue weighted by molar-refractivity contribution is -0.117. The topological polar surface area (TPSA) is 61.4 Å². The van der Waals surface area contributed by atoms with Crippen LogP contribution in [0.4, 0.5) is 11.6 Å². The van der Waals surface area contributed by atoms with Crippen LogP contribution in [0, 0.1) is 0 Å². The molecular formula is C20H27N5O. The molecule has 0 unspecified atom stereocenters. The van der Waals surface area contributed by atoms with Crippen LogP contribution in [0.1, 0.15) is 31.7 Å². The van der Waals surface area contributed by atoms with Gasteiger partial charge in [-0.25, -0.2) is 9.97 Å². The summed E-state index contributed by atoms with van der Waals surface area (Å²) < 4.78 is 0. The van der Waals surface area contributed by atoms with Crippen LogP contribution in [0.25, 0.3) is 0 Å². The maximum atomic E-state index is 12.5. The Morgan fingerprint density at radius 2 is 1.81 bits per heavy atom. The van der Waals surface area contributed by atoms with E-state index in [1.807, 2.05) is 24.3 Å². The predicted molar refractivity (Wildman–Crippen MR) is 104 cm³/mol. The molecule has 26 heavy (non-hydrogen) atoms. The van der Waals surface area contributed by atoms with Gasteiger partial charge in [-0.1, -0.05) is 32.0 Å². The molecule has 0 radical (unpaired) electrons. The Morgan fingerprint density at radius 3 is 2.50 bits per heavy atom. The molecule has 1 saturated heterocycles. The van der Waals surface area contributed by atoms with Gasteiger partial charge in [0.05, 0.1) is 6.54 Å². The molecule has 1 aliphatic heterocycles. The molecule has 0 aliphatic carbocycles. The number of carbonyl (C=O) groups excluding carboxylic acids is 1. The lowest BCUT2D eigenvalue weighted by Crippen LogP contribution is -2.49. The highest BCUT2D eigenvalue weighted by atomic mass is 16.2. The van der Waals surface area contributed by atoms with Crippen molar-refractivity contribution in [1.29, 1.82) is 0 Å². The summed E-state index contributed by atoms with van der Waals surface area (Å²) in [4.78, 5) is 25.4. The summed E-state index contributed by atoms with van der Waals surface area (Å²) in [6.07, 6.45) is 4.57. The molecule has 0 bridgehead atoms. The summed E-state index contributed by atoms with van der Waals surface area (Å²) in [6.45, 7) is 8.10.